The molecule has 0 atom stereocenters. The van der Waals surface area contributed by atoms with Crippen molar-refractivity contribution in [2.45, 2.75) is 19.8 Å². The summed E-state index contributed by atoms with van der Waals surface area (Å²) in [6, 6.07) is 16.9. The van der Waals surface area contributed by atoms with Gasteiger partial charge in [0.25, 0.3) is 0 Å². The highest BCUT2D eigenvalue weighted by Crippen LogP contribution is 2.29. The Morgan fingerprint density at radius 1 is 0.929 bits per heavy atom. The molecule has 144 valence electrons. The second kappa shape index (κ2) is 8.57. The van der Waals surface area contributed by atoms with E-state index in [1.165, 1.54) is 28.0 Å². The van der Waals surface area contributed by atoms with Crippen molar-refractivity contribution in [3.05, 3.63) is 82.9 Å². The van der Waals surface area contributed by atoms with E-state index in [-0.39, 0.29) is 0 Å². The molecule has 1 aliphatic heterocycles. The van der Waals surface area contributed by atoms with Gasteiger partial charge in [-0.15, -0.1) is 0 Å². The first-order chi connectivity index (χ1) is 13.7. The predicted molar refractivity (Wildman–Crippen MR) is 117 cm³/mol. The Hall–Kier alpha value is -2.65. The van der Waals surface area contributed by atoms with Gasteiger partial charge in [-0.2, -0.15) is 0 Å². The molecule has 3 nitrogen and oxygen atoms in total. The molecular formula is C25H28N2O. The maximum Gasteiger partial charge on any atom is 0.150 e. The lowest BCUT2D eigenvalue weighted by atomic mass is 9.91. The van der Waals surface area contributed by atoms with Crippen LogP contribution in [-0.4, -0.2) is 43.9 Å². The van der Waals surface area contributed by atoms with Crippen molar-refractivity contribution in [2.75, 3.05) is 37.6 Å². The molecule has 0 unspecified atom stereocenters. The molecule has 2 aromatic rings. The van der Waals surface area contributed by atoms with E-state index in [1.54, 1.807) is 0 Å². The standard InChI is InChI=1S/C25H28N2O/c1-20-6-10-22(11-7-20)25-5-3-2-4-23(25)18-26-14-16-27(17-15-26)24-12-8-21(19-28)9-13-24/h2,4,6-13,19H,3,5,14-18H2,1H3. The van der Waals surface area contributed by atoms with Gasteiger partial charge in [0.2, 0.25) is 0 Å². The Kier molecular flexibility index (Phi) is 5.73. The van der Waals surface area contributed by atoms with Crippen LogP contribution in [0.2, 0.25) is 0 Å². The van der Waals surface area contributed by atoms with Crippen LogP contribution < -0.4 is 4.90 Å². The number of carbonyl (C=O) groups is 1. The fourth-order valence-corrected chi connectivity index (χ4v) is 4.12. The summed E-state index contributed by atoms with van der Waals surface area (Å²) in [5.74, 6) is 0. The zero-order valence-electron chi connectivity index (χ0n) is 16.6. The third kappa shape index (κ3) is 4.26. The highest BCUT2D eigenvalue weighted by Gasteiger charge is 2.20. The maximum atomic E-state index is 10.8. The number of nitrogens with zero attached hydrogens (tertiary/aromatic N) is 2. The second-order valence-corrected chi connectivity index (χ2v) is 7.78. The number of rotatable bonds is 5. The van der Waals surface area contributed by atoms with Crippen LogP contribution in [0.5, 0.6) is 0 Å². The fourth-order valence-electron chi connectivity index (χ4n) is 4.12. The third-order valence-corrected chi connectivity index (χ3v) is 5.83. The van der Waals surface area contributed by atoms with E-state index in [4.69, 9.17) is 0 Å². The van der Waals surface area contributed by atoms with Crippen LogP contribution in [0.1, 0.15) is 34.3 Å². The predicted octanol–water partition coefficient (Wildman–Crippen LogP) is 4.73. The quantitative estimate of drug-likeness (QED) is 0.709. The van der Waals surface area contributed by atoms with E-state index >= 15 is 0 Å². The summed E-state index contributed by atoms with van der Waals surface area (Å²) in [7, 11) is 0. The van der Waals surface area contributed by atoms with E-state index < -0.39 is 0 Å². The molecule has 0 bridgehead atoms. The third-order valence-electron chi connectivity index (χ3n) is 5.83. The molecule has 1 fully saturated rings. The molecule has 1 heterocycles. The summed E-state index contributed by atoms with van der Waals surface area (Å²) < 4.78 is 0. The maximum absolute atomic E-state index is 10.8. The molecule has 0 aromatic heterocycles. The number of hydrogen-bond acceptors (Lipinski definition) is 3. The molecule has 1 aliphatic carbocycles. The van der Waals surface area contributed by atoms with Crippen molar-refractivity contribution in [3.8, 4) is 0 Å². The van der Waals surface area contributed by atoms with Gasteiger partial charge in [0.05, 0.1) is 0 Å². The largest absolute Gasteiger partial charge is 0.369 e. The van der Waals surface area contributed by atoms with Gasteiger partial charge < -0.3 is 4.90 Å². The van der Waals surface area contributed by atoms with E-state index in [1.807, 2.05) is 12.1 Å². The van der Waals surface area contributed by atoms with Gasteiger partial charge in [-0.25, -0.2) is 0 Å². The Morgan fingerprint density at radius 3 is 2.32 bits per heavy atom. The SMILES string of the molecule is Cc1ccc(C2=C(CN3CCN(c4ccc(C=O)cc4)CC3)C=CCC2)cc1. The lowest BCUT2D eigenvalue weighted by Crippen LogP contribution is -2.47. The molecule has 0 N–H and O–H groups in total. The van der Waals surface area contributed by atoms with Gasteiger partial charge in [-0.3, -0.25) is 9.69 Å². The van der Waals surface area contributed by atoms with Crippen LogP contribution in [0.15, 0.2) is 66.3 Å². The van der Waals surface area contributed by atoms with E-state index in [0.29, 0.717) is 0 Å². The molecular weight excluding hydrogens is 344 g/mol. The summed E-state index contributed by atoms with van der Waals surface area (Å²) in [5.41, 5.74) is 7.62. The Balaban J connectivity index is 1.42. The number of allylic oxidation sites excluding steroid dienone is 2. The number of aryl methyl sites for hydroxylation is 1. The summed E-state index contributed by atoms with van der Waals surface area (Å²) in [6.45, 7) is 7.35. The molecule has 3 heteroatoms. The summed E-state index contributed by atoms with van der Waals surface area (Å²) >= 11 is 0. The molecule has 4 rings (SSSR count). The minimum absolute atomic E-state index is 0.738. The lowest BCUT2D eigenvalue weighted by molar-refractivity contribution is 0.112. The van der Waals surface area contributed by atoms with Gasteiger partial charge in [0.15, 0.2) is 0 Å². The summed E-state index contributed by atoms with van der Waals surface area (Å²) in [5, 5.41) is 0. The van der Waals surface area contributed by atoms with Crippen molar-refractivity contribution in [2.24, 2.45) is 0 Å². The van der Waals surface area contributed by atoms with Crippen molar-refractivity contribution in [1.29, 1.82) is 0 Å². The first-order valence-electron chi connectivity index (χ1n) is 10.2. The van der Waals surface area contributed by atoms with Crippen LogP contribution in [0.4, 0.5) is 5.69 Å². The van der Waals surface area contributed by atoms with Gasteiger partial charge >= 0.3 is 0 Å². The Morgan fingerprint density at radius 2 is 1.64 bits per heavy atom. The van der Waals surface area contributed by atoms with Crippen LogP contribution >= 0.6 is 0 Å². The minimum atomic E-state index is 0.738. The number of piperazine rings is 1. The summed E-state index contributed by atoms with van der Waals surface area (Å²) in [4.78, 5) is 15.8. The van der Waals surface area contributed by atoms with Crippen molar-refractivity contribution in [1.82, 2.24) is 4.90 Å². The average Bonchev–Trinajstić information content (AvgIpc) is 2.75. The summed E-state index contributed by atoms with van der Waals surface area (Å²) in [6.07, 6.45) is 7.83. The van der Waals surface area contributed by atoms with E-state index in [0.717, 1.165) is 57.4 Å². The van der Waals surface area contributed by atoms with E-state index in [9.17, 15) is 4.79 Å². The molecule has 0 saturated carbocycles. The van der Waals surface area contributed by atoms with Crippen LogP contribution in [0.25, 0.3) is 5.57 Å². The molecule has 0 spiro atoms. The molecule has 28 heavy (non-hydrogen) atoms. The minimum Gasteiger partial charge on any atom is -0.369 e. The Labute approximate surface area is 168 Å². The smallest absolute Gasteiger partial charge is 0.150 e. The zero-order valence-corrected chi connectivity index (χ0v) is 16.6. The first kappa shape index (κ1) is 18.7. The number of carbonyl (C=O) groups excluding carboxylic acids is 1. The number of hydrogen-bond donors (Lipinski definition) is 0. The topological polar surface area (TPSA) is 23.6 Å². The van der Waals surface area contributed by atoms with Crippen LogP contribution in [0, 0.1) is 6.92 Å². The zero-order chi connectivity index (χ0) is 19.3. The highest BCUT2D eigenvalue weighted by molar-refractivity contribution is 5.75. The number of anilines is 1. The van der Waals surface area contributed by atoms with Gasteiger partial charge in [0, 0.05) is 44.0 Å². The number of benzene rings is 2. The highest BCUT2D eigenvalue weighted by atomic mass is 16.1. The van der Waals surface area contributed by atoms with Crippen molar-refractivity contribution in [3.63, 3.8) is 0 Å². The molecule has 1 saturated heterocycles. The molecule has 2 aromatic carbocycles. The second-order valence-electron chi connectivity index (χ2n) is 7.78. The van der Waals surface area contributed by atoms with E-state index in [2.05, 4.69) is 65.3 Å². The molecule has 0 radical (unpaired) electrons. The Bertz CT molecular complexity index is 870. The molecule has 0 amide bonds. The lowest BCUT2D eigenvalue weighted by Gasteiger charge is -2.37. The van der Waals surface area contributed by atoms with Crippen molar-refractivity contribution < 1.29 is 4.79 Å². The molecule has 2 aliphatic rings. The van der Waals surface area contributed by atoms with Crippen LogP contribution in [-0.2, 0) is 0 Å². The fraction of sp³-hybridized carbons (Fsp3) is 0.320. The number of aldehydes is 1. The monoisotopic (exact) mass is 372 g/mol. The van der Waals surface area contributed by atoms with Crippen molar-refractivity contribution >= 4 is 17.5 Å². The van der Waals surface area contributed by atoms with Gasteiger partial charge in [-0.1, -0.05) is 42.0 Å². The first-order valence-corrected chi connectivity index (χ1v) is 10.2. The average molecular weight is 373 g/mol. The van der Waals surface area contributed by atoms with Crippen LogP contribution in [0.3, 0.4) is 0 Å². The van der Waals surface area contributed by atoms with Gasteiger partial charge in [0.1, 0.15) is 6.29 Å². The van der Waals surface area contributed by atoms with Gasteiger partial charge in [-0.05, 0) is 60.7 Å². The normalized spacial score (nSPS) is 17.8.